The fraction of sp³-hybridized carbons (Fsp3) is 0.621. The largest absolute Gasteiger partial charge is 0.462 e. The molecule has 10 nitrogen and oxygen atoms in total. The van der Waals surface area contributed by atoms with E-state index in [0.717, 1.165) is 6.42 Å². The number of epoxide rings is 1. The first-order chi connectivity index (χ1) is 18.7. The third-order valence-electron chi connectivity index (χ3n) is 10.3. The third-order valence-corrected chi connectivity index (χ3v) is 10.3. The summed E-state index contributed by atoms with van der Waals surface area (Å²) in [5.41, 5.74) is -1.78. The van der Waals surface area contributed by atoms with E-state index in [2.05, 4.69) is 19.9 Å². The predicted molar refractivity (Wildman–Crippen MR) is 132 cm³/mol. The Balaban J connectivity index is 1.32. The topological polar surface area (TPSA) is 130 Å². The molecule has 208 valence electrons. The third kappa shape index (κ3) is 3.26. The van der Waals surface area contributed by atoms with Gasteiger partial charge in [0.2, 0.25) is 0 Å². The van der Waals surface area contributed by atoms with Gasteiger partial charge in [0.1, 0.15) is 18.3 Å². The van der Waals surface area contributed by atoms with Crippen LogP contribution in [0.2, 0.25) is 0 Å². The van der Waals surface area contributed by atoms with Crippen LogP contribution in [-0.2, 0) is 42.8 Å². The van der Waals surface area contributed by atoms with Crippen LogP contribution in [0.15, 0.2) is 47.6 Å². The summed E-state index contributed by atoms with van der Waals surface area (Å²) in [7, 11) is 0. The molecule has 4 bridgehead atoms. The van der Waals surface area contributed by atoms with Gasteiger partial charge in [0, 0.05) is 24.0 Å². The van der Waals surface area contributed by atoms with Gasteiger partial charge in [-0.2, -0.15) is 0 Å². The molecule has 9 atom stereocenters. The lowest BCUT2D eigenvalue weighted by atomic mass is 9.51. The molecule has 1 N–H and O–H groups in total. The number of aliphatic hydroxyl groups excluding tert-OH is 1. The highest BCUT2D eigenvalue weighted by Gasteiger charge is 2.83. The summed E-state index contributed by atoms with van der Waals surface area (Å²) >= 11 is 0. The maximum Gasteiger partial charge on any atom is 0.339 e. The first kappa shape index (κ1) is 25.2. The van der Waals surface area contributed by atoms with Crippen LogP contribution in [0.3, 0.4) is 0 Å². The van der Waals surface area contributed by atoms with Crippen molar-refractivity contribution in [2.45, 2.75) is 81.3 Å². The van der Waals surface area contributed by atoms with Gasteiger partial charge in [-0.1, -0.05) is 30.7 Å². The lowest BCUT2D eigenvalue weighted by Gasteiger charge is -2.58. The summed E-state index contributed by atoms with van der Waals surface area (Å²) < 4.78 is 36.1. The predicted octanol–water partition coefficient (Wildman–Crippen LogP) is 1.61. The zero-order valence-corrected chi connectivity index (χ0v) is 21.9. The molecule has 0 aromatic heterocycles. The Morgan fingerprint density at radius 3 is 2.62 bits per heavy atom. The number of hydrogen-bond acceptors (Lipinski definition) is 10. The smallest absolute Gasteiger partial charge is 0.339 e. The van der Waals surface area contributed by atoms with E-state index >= 15 is 0 Å². The second-order valence-electron chi connectivity index (χ2n) is 12.0. The Bertz CT molecular complexity index is 1260. The molecule has 0 aromatic rings. The molecule has 39 heavy (non-hydrogen) atoms. The molecule has 3 unspecified atom stereocenters. The fourth-order valence-corrected chi connectivity index (χ4v) is 8.02. The van der Waals surface area contributed by atoms with E-state index in [1.165, 1.54) is 36.0 Å². The zero-order valence-electron chi connectivity index (χ0n) is 21.9. The monoisotopic (exact) mass is 540 g/mol. The van der Waals surface area contributed by atoms with Gasteiger partial charge >= 0.3 is 17.9 Å². The molecular weight excluding hydrogens is 508 g/mol. The molecule has 1 saturated carbocycles. The minimum atomic E-state index is -1.59. The standard InChI is InChI=1S/C29H32O10/c1-16-6-9-27-14-34-22(31)12-17-7-10-35-28(23(32)25(33)39-24(17)28)8-4-3-5-21(30)38-18-13-20(37-19(27)11-16)29(15-36-29)26(18,27)2/h3-5,8,11-12,18-20,23-24,32H,6-7,9-10,13-15H2,1-2H3/b5-3-,8-4+,17-12+/t18-,19-,20-,23?,24?,26-,27-,28?,29+/m1/s1. The van der Waals surface area contributed by atoms with Crippen LogP contribution in [-0.4, -0.2) is 84.6 Å². The van der Waals surface area contributed by atoms with Crippen molar-refractivity contribution in [2.24, 2.45) is 10.8 Å². The molecule has 10 heteroatoms. The average Bonchev–Trinajstić information content (AvgIpc) is 3.64. The van der Waals surface area contributed by atoms with Crippen molar-refractivity contribution in [1.29, 1.82) is 0 Å². The van der Waals surface area contributed by atoms with E-state index in [-0.39, 0.29) is 25.4 Å². The average molecular weight is 541 g/mol. The van der Waals surface area contributed by atoms with Crippen molar-refractivity contribution in [2.75, 3.05) is 19.8 Å². The van der Waals surface area contributed by atoms with Gasteiger partial charge in [0.15, 0.2) is 17.8 Å². The normalized spacial score (nSPS) is 51.4. The fourth-order valence-electron chi connectivity index (χ4n) is 8.02. The highest BCUT2D eigenvalue weighted by molar-refractivity contribution is 5.85. The number of aliphatic hydroxyl groups is 1. The number of hydrogen-bond donors (Lipinski definition) is 1. The number of carbonyl (C=O) groups is 3. The van der Waals surface area contributed by atoms with Gasteiger partial charge in [-0.25, -0.2) is 14.4 Å². The molecule has 2 spiro atoms. The van der Waals surface area contributed by atoms with Gasteiger partial charge < -0.3 is 33.5 Å². The van der Waals surface area contributed by atoms with Crippen LogP contribution in [0.4, 0.5) is 0 Å². The van der Waals surface area contributed by atoms with Crippen molar-refractivity contribution in [3.63, 3.8) is 0 Å². The van der Waals surface area contributed by atoms with E-state index in [1.54, 1.807) is 0 Å². The summed E-state index contributed by atoms with van der Waals surface area (Å²) in [6.45, 7) is 4.84. The Labute approximate surface area is 225 Å². The van der Waals surface area contributed by atoms with Crippen LogP contribution in [0.25, 0.3) is 0 Å². The zero-order chi connectivity index (χ0) is 27.2. The first-order valence-electron chi connectivity index (χ1n) is 13.6. The summed E-state index contributed by atoms with van der Waals surface area (Å²) in [5, 5.41) is 10.7. The van der Waals surface area contributed by atoms with E-state index in [1.807, 2.05) is 0 Å². The molecule has 7 aliphatic rings. The van der Waals surface area contributed by atoms with Crippen LogP contribution in [0, 0.1) is 10.8 Å². The van der Waals surface area contributed by atoms with Crippen molar-refractivity contribution in [3.8, 4) is 0 Å². The van der Waals surface area contributed by atoms with Gasteiger partial charge in [-0.3, -0.25) is 0 Å². The van der Waals surface area contributed by atoms with Crippen LogP contribution < -0.4 is 0 Å². The quantitative estimate of drug-likeness (QED) is 0.209. The molecule has 5 fully saturated rings. The number of ether oxygens (including phenoxy) is 6. The maximum atomic E-state index is 13.3. The van der Waals surface area contributed by atoms with Crippen LogP contribution in [0.1, 0.15) is 39.5 Å². The number of cyclic esters (lactones) is 1. The minimum Gasteiger partial charge on any atom is -0.462 e. The first-order valence-corrected chi connectivity index (χ1v) is 13.6. The minimum absolute atomic E-state index is 0.0386. The van der Waals surface area contributed by atoms with E-state index in [0.29, 0.717) is 31.4 Å². The molecule has 5 aliphatic heterocycles. The summed E-state index contributed by atoms with van der Waals surface area (Å²) in [6.07, 6.45) is 7.85. The number of carbonyl (C=O) groups excluding carboxylic acids is 3. The molecule has 5 heterocycles. The Morgan fingerprint density at radius 1 is 1.00 bits per heavy atom. The van der Waals surface area contributed by atoms with Crippen molar-refractivity contribution in [3.05, 3.63) is 47.6 Å². The van der Waals surface area contributed by atoms with E-state index in [4.69, 9.17) is 28.4 Å². The molecule has 0 aromatic carbocycles. The Kier molecular flexibility index (Phi) is 5.40. The summed E-state index contributed by atoms with van der Waals surface area (Å²) in [6, 6.07) is 0. The lowest BCUT2D eigenvalue weighted by Crippen LogP contribution is -2.66. The summed E-state index contributed by atoms with van der Waals surface area (Å²) in [4.78, 5) is 38.7. The van der Waals surface area contributed by atoms with E-state index < -0.39 is 58.3 Å². The van der Waals surface area contributed by atoms with Crippen LogP contribution >= 0.6 is 0 Å². The molecular formula is C29H32O10. The van der Waals surface area contributed by atoms with Crippen molar-refractivity contribution in [1.82, 2.24) is 0 Å². The number of allylic oxidation sites excluding steroid dienone is 3. The highest BCUT2D eigenvalue weighted by atomic mass is 16.6. The van der Waals surface area contributed by atoms with Crippen molar-refractivity contribution >= 4 is 17.9 Å². The maximum absolute atomic E-state index is 13.3. The molecule has 0 radical (unpaired) electrons. The van der Waals surface area contributed by atoms with Crippen molar-refractivity contribution < 1.29 is 47.9 Å². The molecule has 4 saturated heterocycles. The second kappa shape index (κ2) is 8.36. The highest BCUT2D eigenvalue weighted by Crippen LogP contribution is 2.72. The van der Waals surface area contributed by atoms with Gasteiger partial charge in [-0.15, -0.1) is 0 Å². The number of rotatable bonds is 0. The van der Waals surface area contributed by atoms with E-state index in [9.17, 15) is 19.5 Å². The number of esters is 3. The second-order valence-corrected chi connectivity index (χ2v) is 12.0. The van der Waals surface area contributed by atoms with Crippen LogP contribution in [0.5, 0.6) is 0 Å². The molecule has 7 rings (SSSR count). The van der Waals surface area contributed by atoms with Gasteiger partial charge in [0.05, 0.1) is 30.8 Å². The van der Waals surface area contributed by atoms with Gasteiger partial charge in [0.25, 0.3) is 0 Å². The molecule has 0 amide bonds. The summed E-state index contributed by atoms with van der Waals surface area (Å²) in [5.74, 6) is -1.97. The van der Waals surface area contributed by atoms with Gasteiger partial charge in [-0.05, 0) is 37.8 Å². The SMILES string of the molecule is CC1=C[C@H]2O[C@@H]3C[C@H]4OC(=O)/C=C\C=C\C56OCC/C(=C\C(=O)OC[C@@]2(CC1)[C@]4(C)[C@]31CO1)C5OC(=O)C6O. The lowest BCUT2D eigenvalue weighted by molar-refractivity contribution is -0.232. The Morgan fingerprint density at radius 2 is 1.82 bits per heavy atom. The Hall–Kier alpha value is -2.79. The molecule has 2 aliphatic carbocycles.